The number of carbonyl (C=O) groups is 2. The van der Waals surface area contributed by atoms with E-state index in [1.165, 1.54) is 31.1 Å². The normalized spacial score (nSPS) is 11.0. The number of carbonyl (C=O) groups excluding carboxylic acids is 2. The van der Waals surface area contributed by atoms with Crippen LogP contribution < -0.4 is 14.4 Å². The summed E-state index contributed by atoms with van der Waals surface area (Å²) < 4.78 is 33.7. The number of likely N-dealkylation sites (N-methyl/N-ethyl adjacent to an activating group) is 1. The van der Waals surface area contributed by atoms with Crippen LogP contribution >= 0.6 is 0 Å². The molecule has 8 heteroatoms. The molecule has 0 N–H and O–H groups in total. The van der Waals surface area contributed by atoms with Crippen LogP contribution in [0.1, 0.15) is 17.3 Å². The third-order valence-electron chi connectivity index (χ3n) is 3.95. The van der Waals surface area contributed by atoms with E-state index in [4.69, 9.17) is 9.47 Å². The fraction of sp³-hybridized carbons (Fsp3) is 0.263. The molecule has 0 spiro atoms. The molecule has 0 fully saturated rings. The number of ketones is 1. The average Bonchev–Trinajstić information content (AvgIpc) is 2.64. The Bertz CT molecular complexity index is 951. The van der Waals surface area contributed by atoms with Crippen molar-refractivity contribution in [2.75, 3.05) is 31.9 Å². The van der Waals surface area contributed by atoms with E-state index in [1.807, 2.05) is 0 Å². The highest BCUT2D eigenvalue weighted by molar-refractivity contribution is 7.90. The smallest absolute Gasteiger partial charge is 0.264 e. The Morgan fingerprint density at radius 2 is 1.67 bits per heavy atom. The fourth-order valence-electron chi connectivity index (χ4n) is 2.30. The second-order valence-electron chi connectivity index (χ2n) is 5.93. The van der Waals surface area contributed by atoms with Gasteiger partial charge in [0.1, 0.15) is 0 Å². The van der Waals surface area contributed by atoms with Crippen LogP contribution in [0.15, 0.2) is 47.4 Å². The molecule has 2 aromatic rings. The van der Waals surface area contributed by atoms with Gasteiger partial charge in [0.15, 0.2) is 33.7 Å². The molecule has 27 heavy (non-hydrogen) atoms. The monoisotopic (exact) mass is 391 g/mol. The number of hydrogen-bond donors (Lipinski definition) is 0. The maximum absolute atomic E-state index is 12.4. The van der Waals surface area contributed by atoms with Crippen LogP contribution in [0.5, 0.6) is 11.5 Å². The molecule has 0 saturated heterocycles. The van der Waals surface area contributed by atoms with E-state index in [1.54, 1.807) is 37.4 Å². The zero-order valence-electron chi connectivity index (χ0n) is 15.6. The van der Waals surface area contributed by atoms with Gasteiger partial charge < -0.3 is 14.4 Å². The summed E-state index contributed by atoms with van der Waals surface area (Å²) in [5.41, 5.74) is 1.02. The largest absolute Gasteiger partial charge is 0.493 e. The number of sulfone groups is 1. The predicted molar refractivity (Wildman–Crippen MR) is 101 cm³/mol. The average molecular weight is 391 g/mol. The Morgan fingerprint density at radius 1 is 1.04 bits per heavy atom. The van der Waals surface area contributed by atoms with Crippen molar-refractivity contribution in [1.29, 1.82) is 0 Å². The maximum Gasteiger partial charge on any atom is 0.264 e. The van der Waals surface area contributed by atoms with Crippen LogP contribution in [0.2, 0.25) is 0 Å². The van der Waals surface area contributed by atoms with E-state index in [0.717, 1.165) is 6.26 Å². The molecule has 0 aliphatic rings. The van der Waals surface area contributed by atoms with E-state index in [9.17, 15) is 18.0 Å². The summed E-state index contributed by atoms with van der Waals surface area (Å²) in [6.07, 6.45) is 1.12. The minimum absolute atomic E-state index is 0.104. The number of methoxy groups -OCH3 is 1. The van der Waals surface area contributed by atoms with Crippen LogP contribution in [-0.4, -0.2) is 47.1 Å². The number of hydrogen-bond acceptors (Lipinski definition) is 6. The number of nitrogens with zero attached hydrogens (tertiary/aromatic N) is 1. The lowest BCUT2D eigenvalue weighted by Crippen LogP contribution is -2.31. The van der Waals surface area contributed by atoms with Gasteiger partial charge in [-0.15, -0.1) is 0 Å². The summed E-state index contributed by atoms with van der Waals surface area (Å²) in [4.78, 5) is 25.3. The predicted octanol–water partition coefficient (Wildman–Crippen LogP) is 2.34. The molecule has 0 aliphatic carbocycles. The first kappa shape index (κ1) is 20.4. The van der Waals surface area contributed by atoms with E-state index >= 15 is 0 Å². The zero-order valence-corrected chi connectivity index (χ0v) is 16.4. The third-order valence-corrected chi connectivity index (χ3v) is 5.08. The van der Waals surface area contributed by atoms with Gasteiger partial charge in [-0.1, -0.05) is 0 Å². The Labute approximate surface area is 158 Å². The summed E-state index contributed by atoms with van der Waals surface area (Å²) in [5, 5.41) is 0. The lowest BCUT2D eigenvalue weighted by atomic mass is 10.1. The SMILES string of the molecule is COc1cc(C(C)=O)ccc1OCC(=O)N(C)c1ccc(S(C)(=O)=O)cc1. The highest BCUT2D eigenvalue weighted by Gasteiger charge is 2.15. The molecule has 0 aliphatic heterocycles. The Morgan fingerprint density at radius 3 is 2.19 bits per heavy atom. The maximum atomic E-state index is 12.4. The molecule has 0 radical (unpaired) electrons. The van der Waals surface area contributed by atoms with Gasteiger partial charge in [-0.2, -0.15) is 0 Å². The number of anilines is 1. The fourth-order valence-corrected chi connectivity index (χ4v) is 2.93. The van der Waals surface area contributed by atoms with Crippen molar-refractivity contribution in [3.63, 3.8) is 0 Å². The molecule has 2 aromatic carbocycles. The van der Waals surface area contributed by atoms with Crippen molar-refractivity contribution in [2.24, 2.45) is 0 Å². The Kier molecular flexibility index (Phi) is 6.22. The van der Waals surface area contributed by atoms with Gasteiger partial charge in [-0.05, 0) is 49.4 Å². The number of Topliss-reactive ketones (excluding diaryl/α,β-unsaturated/α-hetero) is 1. The van der Waals surface area contributed by atoms with Gasteiger partial charge >= 0.3 is 0 Å². The van der Waals surface area contributed by atoms with Crippen LogP contribution in [0, 0.1) is 0 Å². The van der Waals surface area contributed by atoms with Crippen LogP contribution in [0.3, 0.4) is 0 Å². The van der Waals surface area contributed by atoms with Crippen LogP contribution in [0.4, 0.5) is 5.69 Å². The second-order valence-corrected chi connectivity index (χ2v) is 7.95. The zero-order chi connectivity index (χ0) is 20.2. The molecule has 2 rings (SSSR count). The minimum Gasteiger partial charge on any atom is -0.493 e. The number of ether oxygens (including phenoxy) is 2. The van der Waals surface area contributed by atoms with E-state index in [0.29, 0.717) is 22.7 Å². The first-order chi connectivity index (χ1) is 12.6. The molecule has 1 amide bonds. The highest BCUT2D eigenvalue weighted by Crippen LogP contribution is 2.28. The molecule has 0 saturated carbocycles. The highest BCUT2D eigenvalue weighted by atomic mass is 32.2. The molecule has 0 aromatic heterocycles. The van der Waals surface area contributed by atoms with E-state index in [2.05, 4.69) is 0 Å². The molecular formula is C19H21NO6S. The minimum atomic E-state index is -3.30. The second kappa shape index (κ2) is 8.22. The molecule has 144 valence electrons. The number of rotatable bonds is 7. The summed E-state index contributed by atoms with van der Waals surface area (Å²) in [6, 6.07) is 10.7. The summed E-state index contributed by atoms with van der Waals surface area (Å²) in [5.74, 6) is 0.264. The number of benzene rings is 2. The van der Waals surface area contributed by atoms with Crippen molar-refractivity contribution >= 4 is 27.2 Å². The lowest BCUT2D eigenvalue weighted by molar-refractivity contribution is -0.120. The summed E-state index contributed by atoms with van der Waals surface area (Å²) >= 11 is 0. The summed E-state index contributed by atoms with van der Waals surface area (Å²) in [7, 11) is -0.281. The molecule has 0 bridgehead atoms. The first-order valence-electron chi connectivity index (χ1n) is 8.02. The van der Waals surface area contributed by atoms with Gasteiger partial charge in [0.2, 0.25) is 0 Å². The van der Waals surface area contributed by atoms with E-state index < -0.39 is 9.84 Å². The van der Waals surface area contributed by atoms with Gasteiger partial charge in [0.25, 0.3) is 5.91 Å². The van der Waals surface area contributed by atoms with Crippen molar-refractivity contribution in [1.82, 2.24) is 0 Å². The number of amides is 1. The molecule has 0 atom stereocenters. The van der Waals surface area contributed by atoms with Crippen LogP contribution in [0.25, 0.3) is 0 Å². The molecule has 0 unspecified atom stereocenters. The van der Waals surface area contributed by atoms with Crippen molar-refractivity contribution < 1.29 is 27.5 Å². The van der Waals surface area contributed by atoms with Crippen molar-refractivity contribution in [3.05, 3.63) is 48.0 Å². The van der Waals surface area contributed by atoms with Gasteiger partial charge in [-0.25, -0.2) is 8.42 Å². The Hall–Kier alpha value is -2.87. The quantitative estimate of drug-likeness (QED) is 0.673. The van der Waals surface area contributed by atoms with Gasteiger partial charge in [0, 0.05) is 24.6 Å². The standard InChI is InChI=1S/C19H21NO6S/c1-13(21)14-5-10-17(18(11-14)25-3)26-12-19(22)20(2)15-6-8-16(9-7-15)27(4,23)24/h5-11H,12H2,1-4H3. The van der Waals surface area contributed by atoms with Crippen LogP contribution in [-0.2, 0) is 14.6 Å². The van der Waals surface area contributed by atoms with Crippen molar-refractivity contribution in [2.45, 2.75) is 11.8 Å². The van der Waals surface area contributed by atoms with Gasteiger partial charge in [0.05, 0.1) is 12.0 Å². The summed E-state index contributed by atoms with van der Waals surface area (Å²) in [6.45, 7) is 1.20. The topological polar surface area (TPSA) is 90.0 Å². The van der Waals surface area contributed by atoms with Gasteiger partial charge in [-0.3, -0.25) is 9.59 Å². The molecule has 0 heterocycles. The first-order valence-corrected chi connectivity index (χ1v) is 9.91. The van der Waals surface area contributed by atoms with E-state index in [-0.39, 0.29) is 23.2 Å². The molecule has 7 nitrogen and oxygen atoms in total. The Balaban J connectivity index is 2.08. The molecular weight excluding hydrogens is 370 g/mol. The van der Waals surface area contributed by atoms with Crippen molar-refractivity contribution in [3.8, 4) is 11.5 Å². The lowest BCUT2D eigenvalue weighted by Gasteiger charge is -2.18. The third kappa shape index (κ3) is 5.07.